The van der Waals surface area contributed by atoms with Crippen molar-refractivity contribution in [3.63, 3.8) is 0 Å². The fourth-order valence-electron chi connectivity index (χ4n) is 2.91. The van der Waals surface area contributed by atoms with Gasteiger partial charge in [0.25, 0.3) is 0 Å². The summed E-state index contributed by atoms with van der Waals surface area (Å²) in [6.45, 7) is 5.99. The lowest BCUT2D eigenvalue weighted by molar-refractivity contribution is 0.247. The average molecular weight is 386 g/mol. The van der Waals surface area contributed by atoms with Crippen LogP contribution in [-0.2, 0) is 6.54 Å². The molecule has 144 valence electrons. The quantitative estimate of drug-likeness (QED) is 0.713. The van der Waals surface area contributed by atoms with E-state index < -0.39 is 0 Å². The molecule has 5 nitrogen and oxygen atoms in total. The predicted molar refractivity (Wildman–Crippen MR) is 113 cm³/mol. The molecule has 2 aromatic carbocycles. The number of nitrogens with zero attached hydrogens (tertiary/aromatic N) is 1. The summed E-state index contributed by atoms with van der Waals surface area (Å²) in [4.78, 5) is 14.7. The molecule has 3 rings (SSSR count). The number of nitrogens with one attached hydrogen (secondary N) is 2. The number of carbonyl (C=O) groups excluding carboxylic acids is 1. The largest absolute Gasteiger partial charge is 0.492 e. The summed E-state index contributed by atoms with van der Waals surface area (Å²) in [6.07, 6.45) is 0. The standard InChI is InChI=1S/C21H27N3O2S/c1-17-6-8-19(9-7-17)26-13-10-22-21(25)23-20-5-3-2-4-18(20)16-24-11-14-27-15-12-24/h2-9H,10-16H2,1H3,(H2,22,23,25). The van der Waals surface area contributed by atoms with Crippen molar-refractivity contribution in [1.82, 2.24) is 10.2 Å². The molecular weight excluding hydrogens is 358 g/mol. The molecule has 1 aliphatic rings. The van der Waals surface area contributed by atoms with E-state index in [0.717, 1.165) is 36.6 Å². The molecule has 1 aliphatic heterocycles. The summed E-state index contributed by atoms with van der Waals surface area (Å²) in [7, 11) is 0. The molecule has 0 aliphatic carbocycles. The van der Waals surface area contributed by atoms with E-state index in [-0.39, 0.29) is 6.03 Å². The number of hydrogen-bond donors (Lipinski definition) is 2. The van der Waals surface area contributed by atoms with Gasteiger partial charge in [0, 0.05) is 36.8 Å². The summed E-state index contributed by atoms with van der Waals surface area (Å²) in [5.41, 5.74) is 3.21. The Kier molecular flexibility index (Phi) is 7.42. The van der Waals surface area contributed by atoms with Crippen LogP contribution in [0.2, 0.25) is 0 Å². The molecule has 0 atom stereocenters. The van der Waals surface area contributed by atoms with Gasteiger partial charge in [-0.1, -0.05) is 35.9 Å². The van der Waals surface area contributed by atoms with Crippen molar-refractivity contribution in [3.05, 3.63) is 59.7 Å². The summed E-state index contributed by atoms with van der Waals surface area (Å²) < 4.78 is 5.63. The minimum atomic E-state index is -0.204. The van der Waals surface area contributed by atoms with Crippen LogP contribution in [0.4, 0.5) is 10.5 Å². The number of hydrogen-bond acceptors (Lipinski definition) is 4. The second kappa shape index (κ2) is 10.2. The topological polar surface area (TPSA) is 53.6 Å². The number of para-hydroxylation sites is 1. The highest BCUT2D eigenvalue weighted by Crippen LogP contribution is 2.19. The Bertz CT molecular complexity index is 730. The number of carbonyl (C=O) groups is 1. The first-order valence-corrected chi connectivity index (χ1v) is 10.5. The molecule has 2 N–H and O–H groups in total. The summed E-state index contributed by atoms with van der Waals surface area (Å²) >= 11 is 2.00. The maximum absolute atomic E-state index is 12.2. The van der Waals surface area contributed by atoms with E-state index in [4.69, 9.17) is 4.74 Å². The van der Waals surface area contributed by atoms with Gasteiger partial charge in [-0.3, -0.25) is 4.90 Å². The molecule has 2 amide bonds. The third kappa shape index (κ3) is 6.48. The van der Waals surface area contributed by atoms with Gasteiger partial charge in [0.05, 0.1) is 6.54 Å². The van der Waals surface area contributed by atoms with Crippen LogP contribution < -0.4 is 15.4 Å². The van der Waals surface area contributed by atoms with Crippen molar-refractivity contribution in [2.24, 2.45) is 0 Å². The van der Waals surface area contributed by atoms with Gasteiger partial charge in [-0.05, 0) is 30.7 Å². The SMILES string of the molecule is Cc1ccc(OCCNC(=O)Nc2ccccc2CN2CCSCC2)cc1. The molecule has 27 heavy (non-hydrogen) atoms. The average Bonchev–Trinajstić information content (AvgIpc) is 2.69. The van der Waals surface area contributed by atoms with Crippen molar-refractivity contribution in [2.45, 2.75) is 13.5 Å². The first kappa shape index (κ1) is 19.6. The number of ether oxygens (including phenoxy) is 1. The molecule has 2 aromatic rings. The van der Waals surface area contributed by atoms with Crippen LogP contribution in [0.5, 0.6) is 5.75 Å². The van der Waals surface area contributed by atoms with E-state index in [1.807, 2.05) is 61.2 Å². The summed E-state index contributed by atoms with van der Waals surface area (Å²) in [5, 5.41) is 5.82. The summed E-state index contributed by atoms with van der Waals surface area (Å²) in [6, 6.07) is 15.7. The number of urea groups is 1. The first-order chi connectivity index (χ1) is 13.2. The number of amides is 2. The maximum atomic E-state index is 12.2. The predicted octanol–water partition coefficient (Wildman–Crippen LogP) is 3.74. The molecule has 6 heteroatoms. The van der Waals surface area contributed by atoms with Crippen molar-refractivity contribution < 1.29 is 9.53 Å². The zero-order valence-electron chi connectivity index (χ0n) is 15.7. The van der Waals surface area contributed by atoms with Crippen LogP contribution >= 0.6 is 11.8 Å². The molecule has 0 radical (unpaired) electrons. The monoisotopic (exact) mass is 385 g/mol. The third-order valence-corrected chi connectivity index (χ3v) is 5.38. The van der Waals surface area contributed by atoms with E-state index >= 15 is 0 Å². The highest BCUT2D eigenvalue weighted by atomic mass is 32.2. The maximum Gasteiger partial charge on any atom is 0.319 e. The van der Waals surface area contributed by atoms with Crippen LogP contribution in [0.1, 0.15) is 11.1 Å². The first-order valence-electron chi connectivity index (χ1n) is 9.33. The molecule has 1 fully saturated rings. The van der Waals surface area contributed by atoms with E-state index in [1.54, 1.807) is 0 Å². The van der Waals surface area contributed by atoms with E-state index in [2.05, 4.69) is 21.6 Å². The van der Waals surface area contributed by atoms with Crippen LogP contribution in [0.25, 0.3) is 0 Å². The Morgan fingerprint density at radius 2 is 1.85 bits per heavy atom. The zero-order valence-corrected chi connectivity index (χ0v) is 16.6. The Balaban J connectivity index is 1.44. The van der Waals surface area contributed by atoms with Gasteiger partial charge in [0.2, 0.25) is 0 Å². The van der Waals surface area contributed by atoms with Gasteiger partial charge < -0.3 is 15.4 Å². The molecule has 0 bridgehead atoms. The van der Waals surface area contributed by atoms with Gasteiger partial charge in [0.15, 0.2) is 0 Å². The minimum Gasteiger partial charge on any atom is -0.492 e. The molecule has 0 unspecified atom stereocenters. The number of anilines is 1. The second-order valence-electron chi connectivity index (χ2n) is 6.59. The van der Waals surface area contributed by atoms with E-state index in [9.17, 15) is 4.79 Å². The fraction of sp³-hybridized carbons (Fsp3) is 0.381. The lowest BCUT2D eigenvalue weighted by Crippen LogP contribution is -2.34. The second-order valence-corrected chi connectivity index (χ2v) is 7.81. The molecule has 0 saturated carbocycles. The van der Waals surface area contributed by atoms with Crippen molar-refractivity contribution >= 4 is 23.5 Å². The van der Waals surface area contributed by atoms with Gasteiger partial charge in [0.1, 0.15) is 12.4 Å². The number of aryl methyl sites for hydroxylation is 1. The van der Waals surface area contributed by atoms with Crippen molar-refractivity contribution in [2.75, 3.05) is 43.1 Å². The Labute approximate surface area is 165 Å². The molecule has 0 aromatic heterocycles. The molecule has 0 spiro atoms. The highest BCUT2D eigenvalue weighted by molar-refractivity contribution is 7.99. The van der Waals surface area contributed by atoms with Crippen molar-refractivity contribution in [3.8, 4) is 5.75 Å². The normalized spacial score (nSPS) is 14.6. The molecular formula is C21H27N3O2S. The minimum absolute atomic E-state index is 0.204. The Morgan fingerprint density at radius 3 is 2.63 bits per heavy atom. The Morgan fingerprint density at radius 1 is 1.11 bits per heavy atom. The zero-order chi connectivity index (χ0) is 18.9. The fourth-order valence-corrected chi connectivity index (χ4v) is 3.89. The van der Waals surface area contributed by atoms with Gasteiger partial charge in [-0.15, -0.1) is 0 Å². The summed E-state index contributed by atoms with van der Waals surface area (Å²) in [5.74, 6) is 3.17. The van der Waals surface area contributed by atoms with Crippen LogP contribution in [-0.4, -0.2) is 48.7 Å². The van der Waals surface area contributed by atoms with Crippen molar-refractivity contribution in [1.29, 1.82) is 0 Å². The smallest absolute Gasteiger partial charge is 0.319 e. The Hall–Kier alpha value is -2.18. The number of benzene rings is 2. The van der Waals surface area contributed by atoms with Crippen LogP contribution in [0, 0.1) is 6.92 Å². The van der Waals surface area contributed by atoms with Crippen LogP contribution in [0.3, 0.4) is 0 Å². The van der Waals surface area contributed by atoms with Gasteiger partial charge >= 0.3 is 6.03 Å². The number of rotatable bonds is 7. The molecule has 1 saturated heterocycles. The lowest BCUT2D eigenvalue weighted by atomic mass is 10.1. The number of thioether (sulfide) groups is 1. The van der Waals surface area contributed by atoms with E-state index in [1.165, 1.54) is 17.1 Å². The van der Waals surface area contributed by atoms with Gasteiger partial charge in [-0.25, -0.2) is 4.79 Å². The van der Waals surface area contributed by atoms with Gasteiger partial charge in [-0.2, -0.15) is 11.8 Å². The van der Waals surface area contributed by atoms with E-state index in [0.29, 0.717) is 13.2 Å². The molecule has 1 heterocycles. The van der Waals surface area contributed by atoms with Crippen LogP contribution in [0.15, 0.2) is 48.5 Å². The lowest BCUT2D eigenvalue weighted by Gasteiger charge is -2.27. The third-order valence-electron chi connectivity index (χ3n) is 4.44. The highest BCUT2D eigenvalue weighted by Gasteiger charge is 2.13.